The van der Waals surface area contributed by atoms with Crippen LogP contribution in [0.15, 0.2) is 54.7 Å². The molecule has 0 aliphatic carbocycles. The number of aliphatic carboxylic acids is 1. The molecular formula is C20H16ClN7O2. The minimum Gasteiger partial charge on any atom is -0.480 e. The highest BCUT2D eigenvalue weighted by atomic mass is 35.5. The van der Waals surface area contributed by atoms with Gasteiger partial charge in [0.05, 0.1) is 16.9 Å². The average molecular weight is 422 g/mol. The van der Waals surface area contributed by atoms with E-state index < -0.39 is 5.97 Å². The molecule has 0 radical (unpaired) electrons. The van der Waals surface area contributed by atoms with Gasteiger partial charge in [0.15, 0.2) is 5.82 Å². The van der Waals surface area contributed by atoms with Crippen molar-refractivity contribution in [3.63, 3.8) is 0 Å². The van der Waals surface area contributed by atoms with E-state index >= 15 is 0 Å². The molecule has 2 aromatic carbocycles. The van der Waals surface area contributed by atoms with Gasteiger partial charge in [0, 0.05) is 16.8 Å². The van der Waals surface area contributed by atoms with Gasteiger partial charge in [-0.05, 0) is 35.5 Å². The Morgan fingerprint density at radius 1 is 1.13 bits per heavy atom. The Balaban J connectivity index is 1.86. The molecule has 0 atom stereocenters. The van der Waals surface area contributed by atoms with Crippen molar-refractivity contribution in [2.24, 2.45) is 0 Å². The minimum atomic E-state index is -1.02. The number of nitrogens with one attached hydrogen (secondary N) is 1. The lowest BCUT2D eigenvalue weighted by molar-refractivity contribution is -0.134. The lowest BCUT2D eigenvalue weighted by Crippen LogP contribution is -2.14. The Bertz CT molecular complexity index is 1210. The topological polar surface area (TPSA) is 119 Å². The summed E-state index contributed by atoms with van der Waals surface area (Å²) in [6.07, 6.45) is 1.55. The summed E-state index contributed by atoms with van der Waals surface area (Å²) in [5.41, 5.74) is 3.57. The standard InChI is InChI=1S/C20H16ClN7O2/c1-12-6-8-13(9-7-12)28-19(25-26-27-28)15-10-22-20(23-11-17(29)30)24-18(15)14-4-2-3-5-16(14)21/h2-10H,11H2,1H3,(H,29,30)(H,22,23,24). The van der Waals surface area contributed by atoms with Crippen LogP contribution < -0.4 is 5.32 Å². The van der Waals surface area contributed by atoms with Crippen molar-refractivity contribution in [3.05, 3.63) is 65.3 Å². The number of anilines is 1. The first-order valence-electron chi connectivity index (χ1n) is 8.96. The van der Waals surface area contributed by atoms with Crippen LogP contribution in [0.5, 0.6) is 0 Å². The summed E-state index contributed by atoms with van der Waals surface area (Å²) in [6, 6.07) is 15.0. The quantitative estimate of drug-likeness (QED) is 0.487. The molecular weight excluding hydrogens is 406 g/mol. The van der Waals surface area contributed by atoms with Gasteiger partial charge in [0.1, 0.15) is 6.54 Å². The molecule has 150 valence electrons. The molecule has 0 fully saturated rings. The van der Waals surface area contributed by atoms with E-state index in [0.717, 1.165) is 11.3 Å². The maximum absolute atomic E-state index is 10.9. The van der Waals surface area contributed by atoms with E-state index in [0.29, 0.717) is 27.7 Å². The molecule has 0 spiro atoms. The van der Waals surface area contributed by atoms with Gasteiger partial charge in [0.25, 0.3) is 0 Å². The highest BCUT2D eigenvalue weighted by molar-refractivity contribution is 6.33. The second kappa shape index (κ2) is 8.26. The minimum absolute atomic E-state index is 0.158. The van der Waals surface area contributed by atoms with Crippen LogP contribution >= 0.6 is 11.6 Å². The molecule has 0 saturated heterocycles. The zero-order valence-electron chi connectivity index (χ0n) is 15.8. The number of aryl methyl sites for hydroxylation is 1. The van der Waals surface area contributed by atoms with Crippen molar-refractivity contribution in [3.8, 4) is 28.3 Å². The molecule has 2 heterocycles. The van der Waals surface area contributed by atoms with Crippen molar-refractivity contribution in [2.45, 2.75) is 6.92 Å². The van der Waals surface area contributed by atoms with Gasteiger partial charge in [-0.3, -0.25) is 4.79 Å². The SMILES string of the molecule is Cc1ccc(-n2nnnc2-c2cnc(NCC(=O)O)nc2-c2ccccc2Cl)cc1. The summed E-state index contributed by atoms with van der Waals surface area (Å²) in [5, 5.41) is 24.2. The normalized spacial score (nSPS) is 10.7. The average Bonchev–Trinajstić information content (AvgIpc) is 3.22. The Kier molecular flexibility index (Phi) is 5.36. The van der Waals surface area contributed by atoms with Crippen LogP contribution in [0.4, 0.5) is 5.95 Å². The highest BCUT2D eigenvalue weighted by Gasteiger charge is 2.20. The summed E-state index contributed by atoms with van der Waals surface area (Å²) >= 11 is 6.41. The predicted octanol–water partition coefficient (Wildman–Crippen LogP) is 3.24. The van der Waals surface area contributed by atoms with Crippen molar-refractivity contribution >= 4 is 23.5 Å². The van der Waals surface area contributed by atoms with E-state index in [1.54, 1.807) is 16.9 Å². The van der Waals surface area contributed by atoms with E-state index in [1.165, 1.54) is 0 Å². The number of benzene rings is 2. The second-order valence-electron chi connectivity index (χ2n) is 6.43. The molecule has 4 aromatic rings. The van der Waals surface area contributed by atoms with Gasteiger partial charge >= 0.3 is 5.97 Å². The second-order valence-corrected chi connectivity index (χ2v) is 6.84. The molecule has 0 bridgehead atoms. The summed E-state index contributed by atoms with van der Waals surface area (Å²) in [5.74, 6) is -0.436. The number of rotatable bonds is 6. The first kappa shape index (κ1) is 19.5. The van der Waals surface area contributed by atoms with Crippen LogP contribution in [-0.2, 0) is 4.79 Å². The van der Waals surface area contributed by atoms with Crippen LogP contribution in [-0.4, -0.2) is 47.8 Å². The number of tetrazole rings is 1. The van der Waals surface area contributed by atoms with Gasteiger partial charge in [-0.1, -0.05) is 47.5 Å². The van der Waals surface area contributed by atoms with E-state index in [2.05, 4.69) is 30.8 Å². The van der Waals surface area contributed by atoms with Crippen molar-refractivity contribution in [2.75, 3.05) is 11.9 Å². The molecule has 9 nitrogen and oxygen atoms in total. The maximum Gasteiger partial charge on any atom is 0.322 e. The number of aromatic nitrogens is 6. The Labute approximate surface area is 176 Å². The number of carbonyl (C=O) groups is 1. The van der Waals surface area contributed by atoms with Crippen LogP contribution in [0, 0.1) is 6.92 Å². The maximum atomic E-state index is 10.9. The molecule has 30 heavy (non-hydrogen) atoms. The fourth-order valence-corrected chi connectivity index (χ4v) is 3.08. The molecule has 2 N–H and O–H groups in total. The first-order valence-corrected chi connectivity index (χ1v) is 9.34. The molecule has 4 rings (SSSR count). The summed E-state index contributed by atoms with van der Waals surface area (Å²) in [4.78, 5) is 19.6. The first-order chi connectivity index (χ1) is 14.5. The van der Waals surface area contributed by atoms with E-state index in [-0.39, 0.29) is 12.5 Å². The van der Waals surface area contributed by atoms with Gasteiger partial charge in [-0.2, -0.15) is 4.68 Å². The Hall–Kier alpha value is -3.85. The van der Waals surface area contributed by atoms with Gasteiger partial charge in [-0.25, -0.2) is 9.97 Å². The number of hydrogen-bond donors (Lipinski definition) is 2. The Morgan fingerprint density at radius 2 is 1.90 bits per heavy atom. The van der Waals surface area contributed by atoms with Crippen molar-refractivity contribution < 1.29 is 9.90 Å². The number of nitrogens with zero attached hydrogens (tertiary/aromatic N) is 6. The lowest BCUT2D eigenvalue weighted by Gasteiger charge is -2.12. The fraction of sp³-hybridized carbons (Fsp3) is 0.100. The highest BCUT2D eigenvalue weighted by Crippen LogP contribution is 2.34. The van der Waals surface area contributed by atoms with Crippen LogP contribution in [0.3, 0.4) is 0 Å². The smallest absolute Gasteiger partial charge is 0.322 e. The number of hydrogen-bond acceptors (Lipinski definition) is 7. The third-order valence-electron chi connectivity index (χ3n) is 4.30. The third kappa shape index (κ3) is 3.96. The zero-order valence-corrected chi connectivity index (χ0v) is 16.6. The van der Waals surface area contributed by atoms with Crippen LogP contribution in [0.2, 0.25) is 5.02 Å². The monoisotopic (exact) mass is 421 g/mol. The zero-order chi connectivity index (χ0) is 21.1. The fourth-order valence-electron chi connectivity index (χ4n) is 2.86. The van der Waals surface area contributed by atoms with Gasteiger partial charge in [0.2, 0.25) is 5.95 Å². The molecule has 0 aliphatic rings. The predicted molar refractivity (Wildman–Crippen MR) is 111 cm³/mol. The largest absolute Gasteiger partial charge is 0.480 e. The van der Waals surface area contributed by atoms with Gasteiger partial charge < -0.3 is 10.4 Å². The van der Waals surface area contributed by atoms with Crippen molar-refractivity contribution in [1.82, 2.24) is 30.2 Å². The number of carboxylic acid groups (broad SMARTS) is 1. The summed E-state index contributed by atoms with van der Waals surface area (Å²) in [7, 11) is 0. The van der Waals surface area contributed by atoms with Gasteiger partial charge in [-0.15, -0.1) is 5.10 Å². The third-order valence-corrected chi connectivity index (χ3v) is 4.63. The number of halogens is 1. The molecule has 0 aliphatic heterocycles. The van der Waals surface area contributed by atoms with E-state index in [1.807, 2.05) is 49.4 Å². The molecule has 0 unspecified atom stereocenters. The van der Waals surface area contributed by atoms with E-state index in [9.17, 15) is 4.79 Å². The number of carboxylic acids is 1. The van der Waals surface area contributed by atoms with Crippen molar-refractivity contribution in [1.29, 1.82) is 0 Å². The van der Waals surface area contributed by atoms with Crippen LogP contribution in [0.25, 0.3) is 28.3 Å². The molecule has 2 aromatic heterocycles. The van der Waals surface area contributed by atoms with E-state index in [4.69, 9.17) is 16.7 Å². The molecule has 0 amide bonds. The summed E-state index contributed by atoms with van der Waals surface area (Å²) < 4.78 is 1.59. The summed E-state index contributed by atoms with van der Waals surface area (Å²) in [6.45, 7) is 1.68. The lowest BCUT2D eigenvalue weighted by atomic mass is 10.1. The molecule has 0 saturated carbocycles. The molecule has 10 heteroatoms. The van der Waals surface area contributed by atoms with Crippen LogP contribution in [0.1, 0.15) is 5.56 Å². The Morgan fingerprint density at radius 3 is 2.63 bits per heavy atom.